The third-order valence-electron chi connectivity index (χ3n) is 3.61. The van der Waals surface area contributed by atoms with Crippen LogP contribution in [0.4, 0.5) is 0 Å². The minimum atomic E-state index is -3.60. The standard InChI is InChI=1S/C17H16N2O3S3/c20-16(10-14-5-2-8-23-14)19-12-15(13-4-1-7-18-11-13)25(21,22)17-6-3-9-24-17/h1-9,11,15H,10,12H2,(H,19,20)/t15-/m0/s1. The van der Waals surface area contributed by atoms with Crippen LogP contribution in [0.5, 0.6) is 0 Å². The number of carbonyl (C=O) groups is 1. The van der Waals surface area contributed by atoms with E-state index >= 15 is 0 Å². The van der Waals surface area contributed by atoms with Crippen LogP contribution in [0.2, 0.25) is 0 Å². The lowest BCUT2D eigenvalue weighted by molar-refractivity contribution is -0.120. The SMILES string of the molecule is O=C(Cc1cccs1)NC[C@@H](c1cccnc1)S(=O)(=O)c1cccs1. The zero-order valence-corrected chi connectivity index (χ0v) is 15.6. The van der Waals surface area contributed by atoms with E-state index in [1.165, 1.54) is 28.9 Å². The van der Waals surface area contributed by atoms with Gasteiger partial charge in [-0.15, -0.1) is 22.7 Å². The molecule has 0 aliphatic heterocycles. The van der Waals surface area contributed by atoms with Gasteiger partial charge in [0.2, 0.25) is 5.91 Å². The molecule has 0 saturated heterocycles. The van der Waals surface area contributed by atoms with Crippen LogP contribution in [0.15, 0.2) is 63.8 Å². The number of sulfone groups is 1. The highest BCUT2D eigenvalue weighted by Crippen LogP contribution is 2.30. The van der Waals surface area contributed by atoms with Crippen molar-refractivity contribution in [1.29, 1.82) is 0 Å². The molecule has 1 amide bonds. The summed E-state index contributed by atoms with van der Waals surface area (Å²) in [7, 11) is -3.60. The van der Waals surface area contributed by atoms with E-state index in [4.69, 9.17) is 0 Å². The van der Waals surface area contributed by atoms with Gasteiger partial charge in [0.15, 0.2) is 9.84 Å². The van der Waals surface area contributed by atoms with E-state index in [9.17, 15) is 13.2 Å². The molecule has 1 N–H and O–H groups in total. The van der Waals surface area contributed by atoms with Crippen molar-refractivity contribution in [3.8, 4) is 0 Å². The van der Waals surface area contributed by atoms with Crippen molar-refractivity contribution in [2.45, 2.75) is 15.9 Å². The predicted molar refractivity (Wildman–Crippen MR) is 99.5 cm³/mol. The Hall–Kier alpha value is -2.03. The lowest BCUT2D eigenvalue weighted by Gasteiger charge is -2.17. The van der Waals surface area contributed by atoms with Crippen molar-refractivity contribution < 1.29 is 13.2 Å². The van der Waals surface area contributed by atoms with Gasteiger partial charge in [0.1, 0.15) is 9.46 Å². The summed E-state index contributed by atoms with van der Waals surface area (Å²) >= 11 is 2.67. The predicted octanol–water partition coefficient (Wildman–Crippen LogP) is 3.08. The maximum atomic E-state index is 13.0. The molecule has 0 fully saturated rings. The maximum Gasteiger partial charge on any atom is 0.225 e. The van der Waals surface area contributed by atoms with Crippen molar-refractivity contribution in [3.63, 3.8) is 0 Å². The highest BCUT2D eigenvalue weighted by molar-refractivity contribution is 7.93. The van der Waals surface area contributed by atoms with Crippen LogP contribution in [-0.2, 0) is 21.1 Å². The number of amides is 1. The Balaban J connectivity index is 1.79. The molecule has 3 heterocycles. The van der Waals surface area contributed by atoms with Crippen molar-refractivity contribution >= 4 is 38.4 Å². The molecule has 0 saturated carbocycles. The Morgan fingerprint density at radius 1 is 1.12 bits per heavy atom. The van der Waals surface area contributed by atoms with Gasteiger partial charge in [0.05, 0.1) is 6.42 Å². The van der Waals surface area contributed by atoms with E-state index in [2.05, 4.69) is 10.3 Å². The number of thiophene rings is 2. The highest BCUT2D eigenvalue weighted by atomic mass is 32.2. The van der Waals surface area contributed by atoms with Crippen LogP contribution in [0.3, 0.4) is 0 Å². The van der Waals surface area contributed by atoms with Crippen molar-refractivity contribution in [3.05, 3.63) is 70.0 Å². The summed E-state index contributed by atoms with van der Waals surface area (Å²) in [5, 5.41) is 5.51. The molecule has 130 valence electrons. The van der Waals surface area contributed by atoms with Crippen molar-refractivity contribution in [2.75, 3.05) is 6.54 Å². The second-order valence-corrected chi connectivity index (χ2v) is 9.65. The molecule has 0 bridgehead atoms. The molecule has 0 aliphatic carbocycles. The average molecular weight is 393 g/mol. The second kappa shape index (κ2) is 7.90. The first-order valence-electron chi connectivity index (χ1n) is 7.54. The van der Waals surface area contributed by atoms with Crippen LogP contribution >= 0.6 is 22.7 Å². The first kappa shape index (κ1) is 17.8. The van der Waals surface area contributed by atoms with Gasteiger partial charge in [-0.3, -0.25) is 9.78 Å². The zero-order chi connectivity index (χ0) is 17.7. The van der Waals surface area contributed by atoms with Gasteiger partial charge in [0.25, 0.3) is 0 Å². The summed E-state index contributed by atoms with van der Waals surface area (Å²) in [4.78, 5) is 17.1. The maximum absolute atomic E-state index is 13.0. The number of pyridine rings is 1. The van der Waals surface area contributed by atoms with Crippen molar-refractivity contribution in [1.82, 2.24) is 10.3 Å². The lowest BCUT2D eigenvalue weighted by Crippen LogP contribution is -2.32. The first-order chi connectivity index (χ1) is 12.1. The largest absolute Gasteiger partial charge is 0.354 e. The smallest absolute Gasteiger partial charge is 0.225 e. The van der Waals surface area contributed by atoms with Gasteiger partial charge in [-0.05, 0) is 34.5 Å². The summed E-state index contributed by atoms with van der Waals surface area (Å²) in [6.07, 6.45) is 3.37. The molecule has 3 aromatic rings. The number of hydrogen-bond donors (Lipinski definition) is 1. The Morgan fingerprint density at radius 3 is 2.56 bits per heavy atom. The highest BCUT2D eigenvalue weighted by Gasteiger charge is 2.30. The fraction of sp³-hybridized carbons (Fsp3) is 0.176. The second-order valence-electron chi connectivity index (χ2n) is 5.31. The molecule has 0 aromatic carbocycles. The molecule has 3 rings (SSSR count). The zero-order valence-electron chi connectivity index (χ0n) is 13.2. The Bertz CT molecular complexity index is 905. The van der Waals surface area contributed by atoms with Crippen LogP contribution in [0.1, 0.15) is 15.7 Å². The van der Waals surface area contributed by atoms with Crippen molar-refractivity contribution in [2.24, 2.45) is 0 Å². The molecule has 3 aromatic heterocycles. The molecule has 0 unspecified atom stereocenters. The molecule has 1 atom stereocenters. The summed E-state index contributed by atoms with van der Waals surface area (Å²) < 4.78 is 26.2. The molecular weight excluding hydrogens is 376 g/mol. The van der Waals surface area contributed by atoms with Crippen LogP contribution < -0.4 is 5.32 Å². The van der Waals surface area contributed by atoms with Crippen LogP contribution in [0, 0.1) is 0 Å². The summed E-state index contributed by atoms with van der Waals surface area (Å²) in [5.41, 5.74) is 0.562. The number of hydrogen-bond acceptors (Lipinski definition) is 6. The molecule has 25 heavy (non-hydrogen) atoms. The van der Waals surface area contributed by atoms with Gasteiger partial charge >= 0.3 is 0 Å². The van der Waals surface area contributed by atoms with Gasteiger partial charge in [-0.1, -0.05) is 18.2 Å². The topological polar surface area (TPSA) is 76.1 Å². The third kappa shape index (κ3) is 4.33. The molecule has 0 radical (unpaired) electrons. The number of rotatable bonds is 7. The van der Waals surface area contributed by atoms with E-state index in [0.29, 0.717) is 5.56 Å². The fourth-order valence-electron chi connectivity index (χ4n) is 2.38. The number of nitrogens with zero attached hydrogens (tertiary/aromatic N) is 1. The Morgan fingerprint density at radius 2 is 1.92 bits per heavy atom. The number of aromatic nitrogens is 1. The van der Waals surface area contributed by atoms with Crippen LogP contribution in [-0.4, -0.2) is 25.9 Å². The van der Waals surface area contributed by atoms with Crippen LogP contribution in [0.25, 0.3) is 0 Å². The van der Waals surface area contributed by atoms with E-state index in [0.717, 1.165) is 4.88 Å². The molecule has 8 heteroatoms. The van der Waals surface area contributed by atoms with Gasteiger partial charge in [0, 0.05) is 23.8 Å². The minimum Gasteiger partial charge on any atom is -0.354 e. The summed E-state index contributed by atoms with van der Waals surface area (Å²) in [6.45, 7) is 0.0101. The molecule has 0 aliphatic rings. The summed E-state index contributed by atoms with van der Waals surface area (Å²) in [6, 6.07) is 10.5. The number of nitrogens with one attached hydrogen (secondary N) is 1. The van der Waals surface area contributed by atoms with Gasteiger partial charge in [-0.25, -0.2) is 8.42 Å². The first-order valence-corrected chi connectivity index (χ1v) is 10.8. The molecule has 0 spiro atoms. The number of carbonyl (C=O) groups excluding carboxylic acids is 1. The molecule has 5 nitrogen and oxygen atoms in total. The Kier molecular flexibility index (Phi) is 5.62. The fourth-order valence-corrected chi connectivity index (χ4v) is 5.93. The van der Waals surface area contributed by atoms with E-state index < -0.39 is 15.1 Å². The van der Waals surface area contributed by atoms with Gasteiger partial charge < -0.3 is 5.32 Å². The third-order valence-corrected chi connectivity index (χ3v) is 8.01. The van der Waals surface area contributed by atoms with E-state index in [1.807, 2.05) is 17.5 Å². The van der Waals surface area contributed by atoms with E-state index in [1.54, 1.807) is 35.8 Å². The minimum absolute atomic E-state index is 0.0101. The normalized spacial score (nSPS) is 12.6. The lowest BCUT2D eigenvalue weighted by atomic mass is 10.2. The molecular formula is C17H16N2O3S3. The summed E-state index contributed by atoms with van der Waals surface area (Å²) in [5.74, 6) is -0.197. The average Bonchev–Trinajstić information content (AvgIpc) is 3.29. The Labute approximate surface area is 154 Å². The van der Waals surface area contributed by atoms with E-state index in [-0.39, 0.29) is 23.1 Å². The monoisotopic (exact) mass is 392 g/mol. The van der Waals surface area contributed by atoms with Gasteiger partial charge in [-0.2, -0.15) is 0 Å². The quantitative estimate of drug-likeness (QED) is 0.670.